The highest BCUT2D eigenvalue weighted by Crippen LogP contribution is 2.43. The number of benzene rings is 2. The highest BCUT2D eigenvalue weighted by molar-refractivity contribution is 6.22. The summed E-state index contributed by atoms with van der Waals surface area (Å²) in [5.74, 6) is 0.226. The molecule has 11 heteroatoms. The fourth-order valence-corrected chi connectivity index (χ4v) is 4.73. The molecule has 1 unspecified atom stereocenters. The first kappa shape index (κ1) is 21.1. The fraction of sp³-hybridized carbons (Fsp3) is 0.318. The minimum Gasteiger partial charge on any atom is -0.497 e. The number of carbonyl (C=O) groups is 3. The van der Waals surface area contributed by atoms with Gasteiger partial charge in [-0.15, -0.1) is 0 Å². The average Bonchev–Trinajstić information content (AvgIpc) is 3.45. The first-order chi connectivity index (χ1) is 15.7. The van der Waals surface area contributed by atoms with Crippen LogP contribution >= 0.6 is 0 Å². The molecule has 3 fully saturated rings. The monoisotopic (exact) mass is 461 g/mol. The molecular weight excluding hydrogens is 443 g/mol. The van der Waals surface area contributed by atoms with Gasteiger partial charge < -0.3 is 19.3 Å². The van der Waals surface area contributed by atoms with Gasteiger partial charge in [0.1, 0.15) is 17.5 Å². The van der Waals surface area contributed by atoms with E-state index in [0.717, 1.165) is 23.1 Å². The van der Waals surface area contributed by atoms with E-state index < -0.39 is 47.9 Å². The van der Waals surface area contributed by atoms with E-state index in [9.17, 15) is 27.6 Å². The molecule has 0 aromatic heterocycles. The van der Waals surface area contributed by atoms with Crippen LogP contribution in [0.15, 0.2) is 48.5 Å². The zero-order valence-electron chi connectivity index (χ0n) is 17.3. The lowest BCUT2D eigenvalue weighted by atomic mass is 10.1. The second kappa shape index (κ2) is 7.39. The summed E-state index contributed by atoms with van der Waals surface area (Å²) in [6.45, 7) is 0.172. The van der Waals surface area contributed by atoms with Crippen LogP contribution < -0.4 is 14.4 Å². The Balaban J connectivity index is 1.36. The van der Waals surface area contributed by atoms with Gasteiger partial charge in [0.15, 0.2) is 0 Å². The van der Waals surface area contributed by atoms with E-state index in [2.05, 4.69) is 0 Å². The number of methoxy groups -OCH3 is 1. The second-order valence-electron chi connectivity index (χ2n) is 8.01. The molecule has 2 bridgehead atoms. The maximum atomic E-state index is 13.1. The number of anilines is 1. The van der Waals surface area contributed by atoms with Crippen molar-refractivity contribution >= 4 is 23.7 Å². The molecule has 3 saturated heterocycles. The first-order valence-electron chi connectivity index (χ1n) is 10.1. The summed E-state index contributed by atoms with van der Waals surface area (Å²) in [6, 6.07) is 7.79. The molecule has 2 aromatic rings. The number of hydrogen-bond acceptors (Lipinski definition) is 5. The molecule has 0 spiro atoms. The van der Waals surface area contributed by atoms with Crippen LogP contribution in [0.3, 0.4) is 0 Å². The van der Waals surface area contributed by atoms with Crippen molar-refractivity contribution in [3.63, 3.8) is 0 Å². The molecular formula is C22H18F3N3O5. The van der Waals surface area contributed by atoms with Crippen LogP contribution in [0.25, 0.3) is 0 Å². The number of hydrogen-bond donors (Lipinski definition) is 0. The zero-order valence-corrected chi connectivity index (χ0v) is 17.3. The predicted octanol–water partition coefficient (Wildman–Crippen LogP) is 3.51. The number of imide groups is 1. The fourth-order valence-electron chi connectivity index (χ4n) is 4.73. The van der Waals surface area contributed by atoms with Gasteiger partial charge in [0, 0.05) is 6.54 Å². The highest BCUT2D eigenvalue weighted by Gasteiger charge is 2.63. The number of likely N-dealkylation sites (tertiary alicyclic amines) is 1. The summed E-state index contributed by atoms with van der Waals surface area (Å²) in [7, 11) is 1.51. The first-order valence-corrected chi connectivity index (χ1v) is 10.1. The Bertz CT molecular complexity index is 1140. The molecule has 172 valence electrons. The molecule has 3 heterocycles. The quantitative estimate of drug-likeness (QED) is 0.654. The number of carbonyl (C=O) groups excluding carboxylic acids is 3. The number of urea groups is 1. The van der Waals surface area contributed by atoms with E-state index in [4.69, 9.17) is 9.47 Å². The van der Waals surface area contributed by atoms with Gasteiger partial charge in [-0.05, 0) is 48.9 Å². The van der Waals surface area contributed by atoms with Crippen molar-refractivity contribution in [2.24, 2.45) is 0 Å². The lowest BCUT2D eigenvalue weighted by Crippen LogP contribution is -2.55. The standard InChI is InChI=1S/C22H18F3N3O5/c1-32-15-5-7-16(8-6-15)33-21(31)26-11-14-10-17(26)18-19(29)28(20(30)27(14)18)13-4-2-3-12(9-13)22(23,24)25/h2-9,14,17-18H,10-11H2,1H3/t14?,17-,18-/m1/s1. The molecule has 5 rings (SSSR count). The van der Waals surface area contributed by atoms with Crippen molar-refractivity contribution in [2.75, 3.05) is 18.6 Å². The Hall–Kier alpha value is -3.76. The van der Waals surface area contributed by atoms with E-state index in [0.29, 0.717) is 17.9 Å². The molecule has 3 aliphatic rings. The third kappa shape index (κ3) is 3.35. The molecule has 2 aromatic carbocycles. The van der Waals surface area contributed by atoms with Crippen molar-refractivity contribution < 1.29 is 37.0 Å². The maximum Gasteiger partial charge on any atom is 0.416 e. The largest absolute Gasteiger partial charge is 0.497 e. The van der Waals surface area contributed by atoms with Gasteiger partial charge in [-0.3, -0.25) is 4.79 Å². The summed E-state index contributed by atoms with van der Waals surface area (Å²) in [5, 5.41) is 0. The normalized spacial score (nSPS) is 23.9. The van der Waals surface area contributed by atoms with E-state index in [1.165, 1.54) is 23.0 Å². The van der Waals surface area contributed by atoms with E-state index in [1.807, 2.05) is 0 Å². The Morgan fingerprint density at radius 1 is 1.06 bits per heavy atom. The minimum atomic E-state index is -4.61. The molecule has 33 heavy (non-hydrogen) atoms. The number of ether oxygens (including phenoxy) is 2. The Labute approximate surface area is 186 Å². The average molecular weight is 461 g/mol. The van der Waals surface area contributed by atoms with Gasteiger partial charge in [-0.25, -0.2) is 14.5 Å². The lowest BCUT2D eigenvalue weighted by molar-refractivity contribution is -0.137. The van der Waals surface area contributed by atoms with Crippen LogP contribution in [0.2, 0.25) is 0 Å². The SMILES string of the molecule is COc1ccc(OC(=O)N2CC3C[C@@H]2[C@@H]2C(=O)N(c4cccc(C(F)(F)F)c4)C(=O)N32)cc1. The zero-order chi connectivity index (χ0) is 23.5. The molecule has 4 amide bonds. The smallest absolute Gasteiger partial charge is 0.416 e. The summed E-state index contributed by atoms with van der Waals surface area (Å²) in [5.41, 5.74) is -1.11. The number of alkyl halides is 3. The van der Waals surface area contributed by atoms with Crippen LogP contribution in [-0.4, -0.2) is 59.6 Å². The van der Waals surface area contributed by atoms with Crippen LogP contribution in [0, 0.1) is 0 Å². The third-order valence-electron chi connectivity index (χ3n) is 6.20. The van der Waals surface area contributed by atoms with Crippen LogP contribution in [-0.2, 0) is 11.0 Å². The van der Waals surface area contributed by atoms with Crippen LogP contribution in [0.4, 0.5) is 28.4 Å². The Morgan fingerprint density at radius 2 is 1.76 bits per heavy atom. The van der Waals surface area contributed by atoms with Gasteiger partial charge in [-0.2, -0.15) is 13.2 Å². The minimum absolute atomic E-state index is 0.152. The molecule has 3 aliphatic heterocycles. The molecule has 8 nitrogen and oxygen atoms in total. The molecule has 0 N–H and O–H groups in total. The molecule has 0 saturated carbocycles. The number of piperazine rings is 1. The molecule has 0 aliphatic carbocycles. The Kier molecular flexibility index (Phi) is 4.73. The second-order valence-corrected chi connectivity index (χ2v) is 8.01. The number of amides is 4. The maximum absolute atomic E-state index is 13.1. The summed E-state index contributed by atoms with van der Waals surface area (Å²) >= 11 is 0. The number of fused-ring (bicyclic) bond motifs is 5. The third-order valence-corrected chi connectivity index (χ3v) is 6.20. The van der Waals surface area contributed by atoms with Gasteiger partial charge in [0.05, 0.1) is 30.4 Å². The summed E-state index contributed by atoms with van der Waals surface area (Å²) in [6.07, 6.45) is -4.87. The molecule has 0 radical (unpaired) electrons. The van der Waals surface area contributed by atoms with Gasteiger partial charge >= 0.3 is 18.3 Å². The Morgan fingerprint density at radius 3 is 2.42 bits per heavy atom. The summed E-state index contributed by atoms with van der Waals surface area (Å²) < 4.78 is 49.8. The van der Waals surface area contributed by atoms with Crippen molar-refractivity contribution in [1.29, 1.82) is 0 Å². The number of rotatable bonds is 3. The van der Waals surface area contributed by atoms with Gasteiger partial charge in [-0.1, -0.05) is 6.07 Å². The van der Waals surface area contributed by atoms with Crippen molar-refractivity contribution in [2.45, 2.75) is 30.7 Å². The van der Waals surface area contributed by atoms with Gasteiger partial charge in [0.2, 0.25) is 0 Å². The van der Waals surface area contributed by atoms with Gasteiger partial charge in [0.25, 0.3) is 5.91 Å². The van der Waals surface area contributed by atoms with Crippen molar-refractivity contribution in [3.8, 4) is 11.5 Å². The number of halogens is 3. The van der Waals surface area contributed by atoms with Crippen LogP contribution in [0.5, 0.6) is 11.5 Å². The highest BCUT2D eigenvalue weighted by atomic mass is 19.4. The summed E-state index contributed by atoms with van der Waals surface area (Å²) in [4.78, 5) is 42.4. The van der Waals surface area contributed by atoms with Crippen molar-refractivity contribution in [3.05, 3.63) is 54.1 Å². The van der Waals surface area contributed by atoms with Crippen molar-refractivity contribution in [1.82, 2.24) is 9.80 Å². The topological polar surface area (TPSA) is 79.4 Å². The van der Waals surface area contributed by atoms with E-state index >= 15 is 0 Å². The molecule has 3 atom stereocenters. The van der Waals surface area contributed by atoms with E-state index in [-0.39, 0.29) is 12.2 Å². The number of nitrogens with zero attached hydrogens (tertiary/aromatic N) is 3. The lowest BCUT2D eigenvalue weighted by Gasteiger charge is -2.34. The van der Waals surface area contributed by atoms with E-state index in [1.54, 1.807) is 24.3 Å². The predicted molar refractivity (Wildman–Crippen MR) is 108 cm³/mol. The van der Waals surface area contributed by atoms with Crippen LogP contribution in [0.1, 0.15) is 12.0 Å².